The molecule has 2 saturated heterocycles. The Kier molecular flexibility index (Phi) is 5.28. The molecule has 2 aromatic rings. The summed E-state index contributed by atoms with van der Waals surface area (Å²) < 4.78 is 19.6. The van der Waals surface area contributed by atoms with Gasteiger partial charge in [-0.3, -0.25) is 9.59 Å². The Morgan fingerprint density at radius 1 is 1.21 bits per heavy atom. The topological polar surface area (TPSA) is 73.6 Å². The van der Waals surface area contributed by atoms with Crippen molar-refractivity contribution in [3.8, 4) is 6.07 Å². The zero-order valence-electron chi connectivity index (χ0n) is 15.8. The summed E-state index contributed by atoms with van der Waals surface area (Å²) in [5.41, 5.74) is 1.23. The van der Waals surface area contributed by atoms with Gasteiger partial charge in [-0.1, -0.05) is 30.3 Å². The van der Waals surface area contributed by atoms with Crippen molar-refractivity contribution < 1.29 is 18.7 Å². The van der Waals surface area contributed by atoms with E-state index in [0.717, 1.165) is 17.7 Å². The van der Waals surface area contributed by atoms with Crippen molar-refractivity contribution >= 4 is 11.8 Å². The summed E-state index contributed by atoms with van der Waals surface area (Å²) >= 11 is 0. The zero-order valence-corrected chi connectivity index (χ0v) is 15.8. The number of likely N-dealkylation sites (tertiary alicyclic amines) is 1. The summed E-state index contributed by atoms with van der Waals surface area (Å²) in [6.45, 7) is 1.39. The second kappa shape index (κ2) is 8.02. The number of amides is 2. The van der Waals surface area contributed by atoms with Crippen LogP contribution in [0.15, 0.2) is 48.5 Å². The average Bonchev–Trinajstić information content (AvgIpc) is 3.09. The van der Waals surface area contributed by atoms with E-state index in [2.05, 4.69) is 0 Å². The lowest BCUT2D eigenvalue weighted by atomic mass is 10.1. The van der Waals surface area contributed by atoms with Gasteiger partial charge in [0.1, 0.15) is 5.82 Å². The molecule has 0 aromatic heterocycles. The first kappa shape index (κ1) is 19.1. The van der Waals surface area contributed by atoms with Crippen molar-refractivity contribution in [2.75, 3.05) is 19.7 Å². The third kappa shape index (κ3) is 3.98. The van der Waals surface area contributed by atoms with E-state index >= 15 is 0 Å². The Balaban J connectivity index is 1.56. The normalized spacial score (nSPS) is 21.4. The van der Waals surface area contributed by atoms with Crippen LogP contribution in [0.3, 0.4) is 0 Å². The van der Waals surface area contributed by atoms with Crippen LogP contribution >= 0.6 is 0 Å². The van der Waals surface area contributed by atoms with Crippen LogP contribution in [0.2, 0.25) is 0 Å². The van der Waals surface area contributed by atoms with Crippen LogP contribution in [-0.4, -0.2) is 53.5 Å². The van der Waals surface area contributed by atoms with Crippen LogP contribution < -0.4 is 0 Å². The van der Waals surface area contributed by atoms with Gasteiger partial charge in [-0.15, -0.1) is 0 Å². The van der Waals surface area contributed by atoms with Crippen LogP contribution in [0.1, 0.15) is 27.9 Å². The number of fused-ring (bicyclic) bond motifs is 1. The number of rotatable bonds is 3. The molecule has 148 valence electrons. The lowest BCUT2D eigenvalue weighted by Gasteiger charge is -2.29. The van der Waals surface area contributed by atoms with E-state index in [0.29, 0.717) is 32.7 Å². The van der Waals surface area contributed by atoms with Gasteiger partial charge in [0.15, 0.2) is 0 Å². The van der Waals surface area contributed by atoms with Gasteiger partial charge in [-0.25, -0.2) is 4.39 Å². The fraction of sp³-hybridized carbons (Fsp3) is 0.318. The van der Waals surface area contributed by atoms with E-state index in [9.17, 15) is 14.0 Å². The van der Waals surface area contributed by atoms with Crippen molar-refractivity contribution in [3.63, 3.8) is 0 Å². The lowest BCUT2D eigenvalue weighted by Crippen LogP contribution is -2.45. The number of carbonyl (C=O) groups is 2. The number of nitriles is 1. The molecule has 6 nitrogen and oxygen atoms in total. The molecule has 4 rings (SSSR count). The molecule has 29 heavy (non-hydrogen) atoms. The lowest BCUT2D eigenvalue weighted by molar-refractivity contribution is -0.133. The summed E-state index contributed by atoms with van der Waals surface area (Å²) in [5.74, 6) is -1.00. The van der Waals surface area contributed by atoms with Crippen LogP contribution in [0.4, 0.5) is 4.39 Å². The van der Waals surface area contributed by atoms with Crippen molar-refractivity contribution in [1.29, 1.82) is 5.26 Å². The Labute approximate surface area is 168 Å². The predicted molar refractivity (Wildman–Crippen MR) is 102 cm³/mol. The monoisotopic (exact) mass is 393 g/mol. The molecule has 2 aliphatic heterocycles. The van der Waals surface area contributed by atoms with Gasteiger partial charge in [0.2, 0.25) is 5.91 Å². The van der Waals surface area contributed by atoms with Crippen LogP contribution in [0.5, 0.6) is 0 Å². The smallest absolute Gasteiger partial charge is 0.254 e. The number of hydrogen-bond donors (Lipinski definition) is 0. The maximum absolute atomic E-state index is 13.8. The first-order chi connectivity index (χ1) is 14.0. The van der Waals surface area contributed by atoms with E-state index in [1.165, 1.54) is 6.07 Å². The molecule has 2 atom stereocenters. The maximum Gasteiger partial charge on any atom is 0.254 e. The second-order valence-electron chi connectivity index (χ2n) is 7.28. The highest BCUT2D eigenvalue weighted by Gasteiger charge is 2.43. The minimum absolute atomic E-state index is 0.00632. The Bertz CT molecular complexity index is 973. The molecule has 0 radical (unpaired) electrons. The number of ether oxygens (including phenoxy) is 1. The Hall–Kier alpha value is -3.24. The van der Waals surface area contributed by atoms with E-state index in [1.54, 1.807) is 9.80 Å². The second-order valence-corrected chi connectivity index (χ2v) is 7.28. The first-order valence-corrected chi connectivity index (χ1v) is 9.50. The van der Waals surface area contributed by atoms with E-state index in [1.807, 2.05) is 36.4 Å². The van der Waals surface area contributed by atoms with Gasteiger partial charge >= 0.3 is 0 Å². The van der Waals surface area contributed by atoms with Crippen molar-refractivity contribution in [3.05, 3.63) is 71.0 Å². The van der Waals surface area contributed by atoms with Crippen LogP contribution in [-0.2, 0) is 16.1 Å². The molecule has 0 bridgehead atoms. The summed E-state index contributed by atoms with van der Waals surface area (Å²) in [6, 6.07) is 14.9. The fourth-order valence-electron chi connectivity index (χ4n) is 3.96. The summed E-state index contributed by atoms with van der Waals surface area (Å²) in [6.07, 6.45) is 0.0153. The molecule has 0 spiro atoms. The van der Waals surface area contributed by atoms with Gasteiger partial charge in [0, 0.05) is 25.2 Å². The number of hydrogen-bond acceptors (Lipinski definition) is 4. The number of nitrogens with zero attached hydrogens (tertiary/aromatic N) is 3. The van der Waals surface area contributed by atoms with Gasteiger partial charge in [-0.05, 0) is 23.8 Å². The molecule has 2 aromatic carbocycles. The third-order valence-electron chi connectivity index (χ3n) is 5.36. The highest BCUT2D eigenvalue weighted by Crippen LogP contribution is 2.26. The number of halogens is 1. The highest BCUT2D eigenvalue weighted by atomic mass is 19.1. The first-order valence-electron chi connectivity index (χ1n) is 9.50. The Morgan fingerprint density at radius 2 is 2.00 bits per heavy atom. The quantitative estimate of drug-likeness (QED) is 0.802. The number of carbonyl (C=O) groups excluding carboxylic acids is 2. The molecule has 2 aliphatic rings. The number of benzene rings is 2. The van der Waals surface area contributed by atoms with Gasteiger partial charge in [0.05, 0.1) is 36.8 Å². The van der Waals surface area contributed by atoms with E-state index in [4.69, 9.17) is 10.00 Å². The average molecular weight is 393 g/mol. The molecular weight excluding hydrogens is 373 g/mol. The van der Waals surface area contributed by atoms with Crippen molar-refractivity contribution in [2.45, 2.75) is 25.1 Å². The minimum atomic E-state index is -0.627. The molecule has 0 saturated carbocycles. The van der Waals surface area contributed by atoms with Crippen molar-refractivity contribution in [1.82, 2.24) is 9.80 Å². The van der Waals surface area contributed by atoms with E-state index in [-0.39, 0.29) is 35.1 Å². The maximum atomic E-state index is 13.8. The standard InChI is InChI=1S/C22H20FN3O3/c23-18-9-16(11-24)8-17(10-18)22(28)25-13-19-20(14-25)29-7-6-21(27)26(19)12-15-4-2-1-3-5-15/h1-5,8-10,19-20H,6-7,12-14H2/t19-,20-/m0/s1. The van der Waals surface area contributed by atoms with Crippen LogP contribution in [0.25, 0.3) is 0 Å². The van der Waals surface area contributed by atoms with Gasteiger partial charge in [-0.2, -0.15) is 5.26 Å². The minimum Gasteiger partial charge on any atom is -0.374 e. The SMILES string of the molecule is N#Cc1cc(F)cc(C(=O)N2C[C@@H]3OCCC(=O)N(Cc4ccccc4)[C@H]3C2)c1. The van der Waals surface area contributed by atoms with Crippen molar-refractivity contribution in [2.24, 2.45) is 0 Å². The largest absolute Gasteiger partial charge is 0.374 e. The zero-order chi connectivity index (χ0) is 20.4. The fourth-order valence-corrected chi connectivity index (χ4v) is 3.96. The molecule has 2 heterocycles. The molecule has 2 fully saturated rings. The summed E-state index contributed by atoms with van der Waals surface area (Å²) in [7, 11) is 0. The predicted octanol–water partition coefficient (Wildman–Crippen LogP) is 2.34. The summed E-state index contributed by atoms with van der Waals surface area (Å²) in [5, 5.41) is 9.03. The molecule has 0 N–H and O–H groups in total. The summed E-state index contributed by atoms with van der Waals surface area (Å²) in [4.78, 5) is 29.0. The van der Waals surface area contributed by atoms with Gasteiger partial charge < -0.3 is 14.5 Å². The molecule has 7 heteroatoms. The van der Waals surface area contributed by atoms with Gasteiger partial charge in [0.25, 0.3) is 5.91 Å². The molecule has 0 unspecified atom stereocenters. The highest BCUT2D eigenvalue weighted by molar-refractivity contribution is 5.95. The Morgan fingerprint density at radius 3 is 2.76 bits per heavy atom. The molecular formula is C22H20FN3O3. The third-order valence-corrected chi connectivity index (χ3v) is 5.36. The van der Waals surface area contributed by atoms with E-state index < -0.39 is 5.82 Å². The molecule has 2 amide bonds. The van der Waals surface area contributed by atoms with Crippen LogP contribution in [0, 0.1) is 17.1 Å². The molecule has 0 aliphatic carbocycles.